The molecule has 4 heteroatoms. The van der Waals surface area contributed by atoms with Gasteiger partial charge in [-0.3, -0.25) is 14.6 Å². The fourth-order valence-electron chi connectivity index (χ4n) is 2.87. The normalized spacial score (nSPS) is 20.6. The van der Waals surface area contributed by atoms with Crippen LogP contribution >= 0.6 is 0 Å². The second kappa shape index (κ2) is 5.53. The molecule has 1 fully saturated rings. The third-order valence-corrected chi connectivity index (χ3v) is 3.78. The highest BCUT2D eigenvalue weighted by Gasteiger charge is 2.22. The number of rotatable bonds is 3. The van der Waals surface area contributed by atoms with E-state index in [1.807, 2.05) is 30.2 Å². The molecule has 1 aliphatic rings. The third-order valence-electron chi connectivity index (χ3n) is 3.78. The molecular weight excluding hydrogens is 236 g/mol. The van der Waals surface area contributed by atoms with Crippen LogP contribution in [0.2, 0.25) is 0 Å². The maximum absolute atomic E-state index is 4.50. The first kappa shape index (κ1) is 12.4. The van der Waals surface area contributed by atoms with Gasteiger partial charge in [0.15, 0.2) is 0 Å². The van der Waals surface area contributed by atoms with Crippen LogP contribution in [0.3, 0.4) is 0 Å². The van der Waals surface area contributed by atoms with E-state index in [0.717, 1.165) is 13.1 Å². The monoisotopic (exact) mass is 256 g/mol. The van der Waals surface area contributed by atoms with Crippen molar-refractivity contribution < 1.29 is 0 Å². The van der Waals surface area contributed by atoms with Gasteiger partial charge in [0.25, 0.3) is 0 Å². The Hall–Kier alpha value is -1.68. The lowest BCUT2D eigenvalue weighted by molar-refractivity contribution is 0.198. The molecule has 0 bridgehead atoms. The Labute approximate surface area is 114 Å². The number of pyridine rings is 1. The van der Waals surface area contributed by atoms with Gasteiger partial charge in [0.2, 0.25) is 0 Å². The average Bonchev–Trinajstić information content (AvgIpc) is 2.85. The molecule has 100 valence electrons. The average molecular weight is 256 g/mol. The van der Waals surface area contributed by atoms with Crippen LogP contribution in [0.15, 0.2) is 36.8 Å². The summed E-state index contributed by atoms with van der Waals surface area (Å²) in [6.07, 6.45) is 8.46. The molecule has 1 aliphatic heterocycles. The molecule has 3 heterocycles. The molecule has 0 saturated carbocycles. The Balaban J connectivity index is 1.65. The topological polar surface area (TPSA) is 34.0 Å². The first-order valence-corrected chi connectivity index (χ1v) is 6.92. The standard InChI is InChI=1S/C15H20N4/c1-18-10-13(9-17-18)11-19-8-4-5-14(12-19)15-6-2-3-7-16-15/h2-3,6-7,9-10,14H,4-5,8,11-12H2,1H3. The van der Waals surface area contributed by atoms with Gasteiger partial charge in [-0.2, -0.15) is 5.10 Å². The molecular formula is C15H20N4. The summed E-state index contributed by atoms with van der Waals surface area (Å²) in [6, 6.07) is 6.22. The predicted octanol–water partition coefficient (Wildman–Crippen LogP) is 2.19. The highest BCUT2D eigenvalue weighted by Crippen LogP contribution is 2.26. The van der Waals surface area contributed by atoms with E-state index in [2.05, 4.69) is 33.3 Å². The van der Waals surface area contributed by atoms with Crippen molar-refractivity contribution in [2.24, 2.45) is 7.05 Å². The minimum Gasteiger partial charge on any atom is -0.298 e. The summed E-state index contributed by atoms with van der Waals surface area (Å²) in [5.41, 5.74) is 2.53. The molecule has 0 amide bonds. The molecule has 0 spiro atoms. The maximum atomic E-state index is 4.50. The fourth-order valence-corrected chi connectivity index (χ4v) is 2.87. The van der Waals surface area contributed by atoms with Gasteiger partial charge in [0.05, 0.1) is 6.20 Å². The van der Waals surface area contributed by atoms with Crippen LogP contribution in [0, 0.1) is 0 Å². The Bertz CT molecular complexity index is 520. The lowest BCUT2D eigenvalue weighted by atomic mass is 9.94. The van der Waals surface area contributed by atoms with Crippen molar-refractivity contribution >= 4 is 0 Å². The van der Waals surface area contributed by atoms with Crippen molar-refractivity contribution in [2.75, 3.05) is 13.1 Å². The zero-order chi connectivity index (χ0) is 13.1. The van der Waals surface area contributed by atoms with E-state index in [1.165, 1.54) is 30.6 Å². The number of piperidine rings is 1. The molecule has 0 N–H and O–H groups in total. The fraction of sp³-hybridized carbons (Fsp3) is 0.467. The van der Waals surface area contributed by atoms with Crippen LogP contribution in [0.4, 0.5) is 0 Å². The van der Waals surface area contributed by atoms with Gasteiger partial charge >= 0.3 is 0 Å². The van der Waals surface area contributed by atoms with E-state index in [9.17, 15) is 0 Å². The van der Waals surface area contributed by atoms with Crippen molar-refractivity contribution in [2.45, 2.75) is 25.3 Å². The molecule has 0 aliphatic carbocycles. The molecule has 2 aromatic rings. The minimum absolute atomic E-state index is 0.576. The number of aryl methyl sites for hydroxylation is 1. The Kier molecular flexibility index (Phi) is 3.60. The number of likely N-dealkylation sites (tertiary alicyclic amines) is 1. The smallest absolute Gasteiger partial charge is 0.0534 e. The second-order valence-electron chi connectivity index (χ2n) is 5.35. The molecule has 1 saturated heterocycles. The quantitative estimate of drug-likeness (QED) is 0.844. The van der Waals surface area contributed by atoms with Crippen molar-refractivity contribution in [3.8, 4) is 0 Å². The van der Waals surface area contributed by atoms with Crippen molar-refractivity contribution in [3.05, 3.63) is 48.0 Å². The van der Waals surface area contributed by atoms with E-state index in [0.29, 0.717) is 5.92 Å². The molecule has 4 nitrogen and oxygen atoms in total. The van der Waals surface area contributed by atoms with E-state index >= 15 is 0 Å². The number of hydrogen-bond donors (Lipinski definition) is 0. The van der Waals surface area contributed by atoms with E-state index < -0.39 is 0 Å². The molecule has 0 aromatic carbocycles. The summed E-state index contributed by atoms with van der Waals surface area (Å²) in [6.45, 7) is 3.28. The summed E-state index contributed by atoms with van der Waals surface area (Å²) in [7, 11) is 1.97. The SMILES string of the molecule is Cn1cc(CN2CCCC(c3ccccn3)C2)cn1. The first-order valence-electron chi connectivity index (χ1n) is 6.92. The molecule has 3 rings (SSSR count). The largest absolute Gasteiger partial charge is 0.298 e. The van der Waals surface area contributed by atoms with Crippen molar-refractivity contribution in [3.63, 3.8) is 0 Å². The van der Waals surface area contributed by atoms with Crippen LogP contribution in [0.5, 0.6) is 0 Å². The molecule has 1 atom stereocenters. The van der Waals surface area contributed by atoms with E-state index in [1.54, 1.807) is 0 Å². The maximum Gasteiger partial charge on any atom is 0.0534 e. The van der Waals surface area contributed by atoms with Crippen molar-refractivity contribution in [1.29, 1.82) is 0 Å². The number of aromatic nitrogens is 3. The Morgan fingerprint density at radius 2 is 2.32 bits per heavy atom. The predicted molar refractivity (Wildman–Crippen MR) is 74.7 cm³/mol. The van der Waals surface area contributed by atoms with Gasteiger partial charge in [0, 0.05) is 49.7 Å². The van der Waals surface area contributed by atoms with Crippen LogP contribution < -0.4 is 0 Å². The van der Waals surface area contributed by atoms with E-state index in [-0.39, 0.29) is 0 Å². The lowest BCUT2D eigenvalue weighted by Crippen LogP contribution is -2.34. The Morgan fingerprint density at radius 3 is 3.05 bits per heavy atom. The Morgan fingerprint density at radius 1 is 1.37 bits per heavy atom. The zero-order valence-corrected chi connectivity index (χ0v) is 11.4. The van der Waals surface area contributed by atoms with Crippen LogP contribution in [0.25, 0.3) is 0 Å². The van der Waals surface area contributed by atoms with Crippen LogP contribution in [-0.4, -0.2) is 32.8 Å². The molecule has 19 heavy (non-hydrogen) atoms. The van der Waals surface area contributed by atoms with Gasteiger partial charge in [-0.05, 0) is 31.5 Å². The summed E-state index contributed by atoms with van der Waals surface area (Å²) in [5.74, 6) is 0.576. The second-order valence-corrected chi connectivity index (χ2v) is 5.35. The third kappa shape index (κ3) is 3.01. The molecule has 1 unspecified atom stereocenters. The highest BCUT2D eigenvalue weighted by molar-refractivity contribution is 5.11. The number of hydrogen-bond acceptors (Lipinski definition) is 3. The zero-order valence-electron chi connectivity index (χ0n) is 11.4. The number of nitrogens with zero attached hydrogens (tertiary/aromatic N) is 4. The van der Waals surface area contributed by atoms with Gasteiger partial charge in [-0.1, -0.05) is 6.07 Å². The van der Waals surface area contributed by atoms with Gasteiger partial charge in [0.1, 0.15) is 0 Å². The summed E-state index contributed by atoms with van der Waals surface area (Å²) in [5, 5.41) is 4.24. The van der Waals surface area contributed by atoms with Crippen molar-refractivity contribution in [1.82, 2.24) is 19.7 Å². The highest BCUT2D eigenvalue weighted by atomic mass is 15.2. The molecule has 2 aromatic heterocycles. The van der Waals surface area contributed by atoms with Gasteiger partial charge in [-0.15, -0.1) is 0 Å². The van der Waals surface area contributed by atoms with E-state index in [4.69, 9.17) is 0 Å². The molecule has 0 radical (unpaired) electrons. The summed E-state index contributed by atoms with van der Waals surface area (Å²) >= 11 is 0. The first-order chi connectivity index (χ1) is 9.31. The van der Waals surface area contributed by atoms with Gasteiger partial charge < -0.3 is 0 Å². The summed E-state index contributed by atoms with van der Waals surface area (Å²) < 4.78 is 1.87. The van der Waals surface area contributed by atoms with Crippen LogP contribution in [0.1, 0.15) is 30.0 Å². The minimum atomic E-state index is 0.576. The van der Waals surface area contributed by atoms with Crippen LogP contribution in [-0.2, 0) is 13.6 Å². The van der Waals surface area contributed by atoms with Gasteiger partial charge in [-0.25, -0.2) is 0 Å². The lowest BCUT2D eigenvalue weighted by Gasteiger charge is -2.32. The summed E-state index contributed by atoms with van der Waals surface area (Å²) in [4.78, 5) is 7.02.